The Morgan fingerprint density at radius 1 is 0.441 bits per heavy atom. The molecule has 0 spiro atoms. The molecule has 0 bridgehead atoms. The van der Waals surface area contributed by atoms with E-state index < -0.39 is 0 Å². The first-order valence-electron chi connectivity index (χ1n) is 23.4. The predicted molar refractivity (Wildman–Crippen MR) is 283 cm³/mol. The van der Waals surface area contributed by atoms with Crippen molar-refractivity contribution in [2.75, 3.05) is 0 Å². The minimum absolute atomic E-state index is 0.0819. The second-order valence-electron chi connectivity index (χ2n) is 18.9. The summed E-state index contributed by atoms with van der Waals surface area (Å²) in [7, 11) is 0. The van der Waals surface area contributed by atoms with Gasteiger partial charge >= 0.3 is 0 Å². The molecular weight excluding hydrogens is 829 g/mol. The number of carbonyl (C=O) groups is 1. The van der Waals surface area contributed by atoms with E-state index in [1.165, 1.54) is 22.2 Å². The van der Waals surface area contributed by atoms with Gasteiger partial charge < -0.3 is 5.11 Å². The quantitative estimate of drug-likeness (QED) is 0.0981. The maximum atomic E-state index is 13.2. The van der Waals surface area contributed by atoms with Gasteiger partial charge in [-0.05, 0) is 120 Å². The number of rotatable bonds is 12. The lowest BCUT2D eigenvalue weighted by molar-refractivity contribution is -0.114. The number of nitrogens with zero attached hydrogens (tertiary/aromatic N) is 2. The van der Waals surface area contributed by atoms with Crippen LogP contribution in [0.5, 0.6) is 0 Å². The Bertz CT molecular complexity index is 3300. The highest BCUT2D eigenvalue weighted by molar-refractivity contribution is 5.94. The molecule has 0 atom stereocenters. The van der Waals surface area contributed by atoms with Gasteiger partial charge in [0.15, 0.2) is 5.78 Å². The van der Waals surface area contributed by atoms with Crippen molar-refractivity contribution >= 4 is 27.3 Å². The molecule has 0 unspecified atom stereocenters. The fraction of sp³-hybridized carbons (Fsp3) is 0.109. The number of aryl methyl sites for hydroxylation is 1. The van der Waals surface area contributed by atoms with E-state index in [1.54, 1.807) is 0 Å². The van der Waals surface area contributed by atoms with Gasteiger partial charge in [0, 0.05) is 53.4 Å². The molecule has 68 heavy (non-hydrogen) atoms. The van der Waals surface area contributed by atoms with Crippen LogP contribution in [0.3, 0.4) is 0 Å². The Morgan fingerprint density at radius 3 is 1.56 bits per heavy atom. The molecule has 0 aliphatic heterocycles. The van der Waals surface area contributed by atoms with Crippen LogP contribution in [-0.2, 0) is 11.2 Å². The van der Waals surface area contributed by atoms with Crippen LogP contribution in [0.25, 0.3) is 99.7 Å². The highest BCUT2D eigenvalue weighted by atomic mass is 16.3. The second-order valence-corrected chi connectivity index (χ2v) is 18.9. The average molecular weight is 881 g/mol. The van der Waals surface area contributed by atoms with Crippen LogP contribution in [0.2, 0.25) is 0 Å². The minimum atomic E-state index is -0.121. The van der Waals surface area contributed by atoms with Gasteiger partial charge in [0.1, 0.15) is 0 Å². The van der Waals surface area contributed by atoms with Crippen molar-refractivity contribution in [1.82, 2.24) is 9.97 Å². The highest BCUT2D eigenvalue weighted by Gasteiger charge is 2.18. The largest absolute Gasteiger partial charge is 0.512 e. The number of ketones is 1. The molecule has 1 N–H and O–H groups in total. The summed E-state index contributed by atoms with van der Waals surface area (Å²) in [5.41, 5.74) is 15.8. The van der Waals surface area contributed by atoms with Crippen LogP contribution >= 0.6 is 0 Å². The molecule has 330 valence electrons. The number of aliphatic hydroxyl groups excluding tert-OH is 1. The molecule has 0 amide bonds. The van der Waals surface area contributed by atoms with Crippen molar-refractivity contribution < 1.29 is 9.90 Å². The highest BCUT2D eigenvalue weighted by Crippen LogP contribution is 2.41. The maximum absolute atomic E-state index is 13.2. The number of carbonyl (C=O) groups excluding carboxylic acids is 1. The molecule has 0 aliphatic carbocycles. The molecule has 0 saturated heterocycles. The van der Waals surface area contributed by atoms with Gasteiger partial charge in [0.05, 0.1) is 17.1 Å². The summed E-state index contributed by atoms with van der Waals surface area (Å²) >= 11 is 0. The fourth-order valence-electron chi connectivity index (χ4n) is 9.33. The number of allylic oxidation sites excluding steroid dienone is 2. The molecule has 0 radical (unpaired) electrons. The van der Waals surface area contributed by atoms with E-state index in [4.69, 9.17) is 9.97 Å². The molecule has 10 rings (SSSR count). The van der Waals surface area contributed by atoms with Crippen molar-refractivity contribution in [2.24, 2.45) is 5.41 Å². The van der Waals surface area contributed by atoms with Crippen LogP contribution in [0.1, 0.15) is 39.2 Å². The lowest BCUT2D eigenvalue weighted by Gasteiger charge is -2.18. The molecule has 4 heteroatoms. The molecule has 2 aromatic heterocycles. The second kappa shape index (κ2) is 18.9. The lowest BCUT2D eigenvalue weighted by Crippen LogP contribution is -2.07. The first-order chi connectivity index (χ1) is 33.1. The van der Waals surface area contributed by atoms with Crippen molar-refractivity contribution in [1.29, 1.82) is 0 Å². The molecule has 0 saturated carbocycles. The Morgan fingerprint density at radius 2 is 0.926 bits per heavy atom. The number of hydrogen-bond acceptors (Lipinski definition) is 4. The number of aromatic nitrogens is 2. The summed E-state index contributed by atoms with van der Waals surface area (Å²) in [5, 5.41) is 15.3. The smallest absolute Gasteiger partial charge is 0.159 e. The van der Waals surface area contributed by atoms with Crippen molar-refractivity contribution in [3.63, 3.8) is 0 Å². The zero-order valence-electron chi connectivity index (χ0n) is 38.7. The molecule has 10 aromatic rings. The third-order valence-corrected chi connectivity index (χ3v) is 12.7. The average Bonchev–Trinajstić information content (AvgIpc) is 3.37. The molecule has 4 nitrogen and oxygen atoms in total. The van der Waals surface area contributed by atoms with E-state index in [-0.39, 0.29) is 23.4 Å². The van der Waals surface area contributed by atoms with Crippen LogP contribution in [-0.4, -0.2) is 20.9 Å². The van der Waals surface area contributed by atoms with E-state index in [0.717, 1.165) is 89.1 Å². The van der Waals surface area contributed by atoms with Gasteiger partial charge in [-0.25, -0.2) is 0 Å². The number of fused-ring (bicyclic) bond motifs is 2. The number of aliphatic hydroxyl groups is 1. The normalized spacial score (nSPS) is 11.8. The van der Waals surface area contributed by atoms with Crippen LogP contribution < -0.4 is 0 Å². The fourth-order valence-corrected chi connectivity index (χ4v) is 9.33. The molecule has 8 aromatic carbocycles. The van der Waals surface area contributed by atoms with Crippen molar-refractivity contribution in [3.8, 4) is 78.1 Å². The molecule has 0 aliphatic rings. The summed E-state index contributed by atoms with van der Waals surface area (Å²) in [6.07, 6.45) is 6.62. The summed E-state index contributed by atoms with van der Waals surface area (Å²) < 4.78 is 0. The van der Waals surface area contributed by atoms with Gasteiger partial charge in [-0.2, -0.15) is 0 Å². The first-order valence-corrected chi connectivity index (χ1v) is 23.4. The third-order valence-electron chi connectivity index (χ3n) is 12.7. The lowest BCUT2D eigenvalue weighted by atomic mass is 9.86. The van der Waals surface area contributed by atoms with E-state index in [0.29, 0.717) is 12.8 Å². The summed E-state index contributed by atoms with van der Waals surface area (Å²) in [5.74, 6) is 0.0467. The van der Waals surface area contributed by atoms with Crippen molar-refractivity contribution in [2.45, 2.75) is 40.0 Å². The number of pyridine rings is 2. The van der Waals surface area contributed by atoms with E-state index in [1.807, 2.05) is 24.5 Å². The Balaban J connectivity index is 1.05. The molecule has 2 heterocycles. The van der Waals surface area contributed by atoms with Gasteiger partial charge in [0.2, 0.25) is 0 Å². The summed E-state index contributed by atoms with van der Waals surface area (Å²) in [4.78, 5) is 23.1. The predicted octanol–water partition coefficient (Wildman–Crippen LogP) is 16.8. The van der Waals surface area contributed by atoms with Gasteiger partial charge in [-0.15, -0.1) is 0 Å². The van der Waals surface area contributed by atoms with E-state index in [2.05, 4.69) is 209 Å². The van der Waals surface area contributed by atoms with Crippen molar-refractivity contribution in [3.05, 3.63) is 230 Å². The molecule has 0 fully saturated rings. The number of hydrogen-bond donors (Lipinski definition) is 1. The third kappa shape index (κ3) is 9.68. The monoisotopic (exact) mass is 880 g/mol. The van der Waals surface area contributed by atoms with Gasteiger partial charge in [-0.1, -0.05) is 185 Å². The minimum Gasteiger partial charge on any atom is -0.512 e. The zero-order chi connectivity index (χ0) is 46.6. The van der Waals surface area contributed by atoms with E-state index in [9.17, 15) is 9.90 Å². The Labute approximate surface area is 399 Å². The van der Waals surface area contributed by atoms with Gasteiger partial charge in [-0.3, -0.25) is 14.8 Å². The van der Waals surface area contributed by atoms with E-state index >= 15 is 0 Å². The topological polar surface area (TPSA) is 63.1 Å². The molecular formula is C64H52N2O2. The van der Waals surface area contributed by atoms with Crippen LogP contribution in [0.4, 0.5) is 0 Å². The Hall–Kier alpha value is -8.21. The Kier molecular flexibility index (Phi) is 12.2. The number of benzene rings is 8. The standard InChI is InChI=1S/C64H52N2O2/c1-64(2,3)40-56(68)39-55(67)32-30-44-15-8-9-19-57(44)52-35-53(60-22-12-10-20-58(60)45-25-27-46(28-26-45)63-38-48-17-6-7-18-50(48)41-66-63)37-54(36-52)61-23-13-11-21-59(61)51-31-33-62(65-42-51)49-29-24-43-14-4-5-16-47(43)34-49/h4-29,31,33-39,41-42,68H,30,32,40H2,1-3H3/b56-39-. The first kappa shape index (κ1) is 43.7. The summed E-state index contributed by atoms with van der Waals surface area (Å²) in [6, 6.07) is 70.8. The SMILES string of the molecule is CC(C)(C)C/C(O)=C/C(=O)CCc1ccccc1-c1cc(-c2ccccc2-c2ccc(-c3cc4ccccc4cn3)cc2)cc(-c2ccccc2-c2ccc(-c3ccc4ccccc4c3)nc2)c1. The summed E-state index contributed by atoms with van der Waals surface area (Å²) in [6.45, 7) is 6.16. The maximum Gasteiger partial charge on any atom is 0.159 e. The van der Waals surface area contributed by atoms with Crippen LogP contribution in [0.15, 0.2) is 224 Å². The van der Waals surface area contributed by atoms with Crippen LogP contribution in [0, 0.1) is 5.41 Å². The van der Waals surface area contributed by atoms with Gasteiger partial charge in [0.25, 0.3) is 0 Å². The zero-order valence-corrected chi connectivity index (χ0v) is 38.7.